The maximum atomic E-state index is 3.79. The lowest BCUT2D eigenvalue weighted by Crippen LogP contribution is -2.25. The zero-order chi connectivity index (χ0) is 13.1. The zero-order valence-electron chi connectivity index (χ0n) is 10.8. The van der Waals surface area contributed by atoms with Gasteiger partial charge in [0.05, 0.1) is 0 Å². The van der Waals surface area contributed by atoms with Crippen LogP contribution in [0.1, 0.15) is 41.5 Å². The van der Waals surface area contributed by atoms with Crippen LogP contribution in [0.5, 0.6) is 0 Å². The summed E-state index contributed by atoms with van der Waals surface area (Å²) in [6.45, 7) is 0.981. The molecule has 0 aliphatic heterocycles. The van der Waals surface area contributed by atoms with E-state index in [-0.39, 0.29) is 0 Å². The first-order valence-electron chi connectivity index (χ1n) is 6.82. The summed E-state index contributed by atoms with van der Waals surface area (Å²) in [5, 5.41) is 8.15. The van der Waals surface area contributed by atoms with Crippen molar-refractivity contribution in [3.63, 3.8) is 0 Å². The fraction of sp³-hybridized carbons (Fsp3) is 0.467. The monoisotopic (exact) mass is 355 g/mol. The second-order valence-electron chi connectivity index (χ2n) is 5.15. The van der Waals surface area contributed by atoms with Crippen molar-refractivity contribution in [1.29, 1.82) is 0 Å². The molecule has 0 bridgehead atoms. The second kappa shape index (κ2) is 6.53. The van der Waals surface area contributed by atoms with Crippen LogP contribution >= 0.6 is 38.6 Å². The molecule has 1 saturated carbocycles. The number of hydrogen-bond acceptors (Lipinski definition) is 3. The van der Waals surface area contributed by atoms with E-state index in [2.05, 4.69) is 50.2 Å². The molecule has 1 aliphatic carbocycles. The summed E-state index contributed by atoms with van der Waals surface area (Å²) < 4.78 is 1.20. The highest BCUT2D eigenvalue weighted by Crippen LogP contribution is 2.37. The molecule has 0 saturated heterocycles. The Morgan fingerprint density at radius 3 is 2.79 bits per heavy atom. The predicted octanol–water partition coefficient (Wildman–Crippen LogP) is 5.59. The fourth-order valence-electron chi connectivity index (χ4n) is 2.92. The predicted molar refractivity (Wildman–Crippen MR) is 87.9 cm³/mol. The summed E-state index contributed by atoms with van der Waals surface area (Å²) in [4.78, 5) is 2.91. The van der Waals surface area contributed by atoms with Gasteiger partial charge in [0, 0.05) is 32.2 Å². The van der Waals surface area contributed by atoms with Gasteiger partial charge in [-0.25, -0.2) is 0 Å². The Hall–Kier alpha value is -0.160. The first-order valence-corrected chi connectivity index (χ1v) is 9.38. The van der Waals surface area contributed by atoms with Crippen molar-refractivity contribution in [3.05, 3.63) is 43.2 Å². The summed E-state index contributed by atoms with van der Waals surface area (Å²) in [6.07, 6.45) is 5.56. The largest absolute Gasteiger partial charge is 0.304 e. The molecule has 1 atom stereocenters. The molecule has 0 aromatic carbocycles. The average molecular weight is 356 g/mol. The molecule has 0 amide bonds. The standard InChI is InChI=1S/C15H18BrNS2/c16-12-8-13(19-10-12)9-17-15(11-4-1-2-5-11)14-6-3-7-18-14/h3,6-8,10-11,15,17H,1-2,4-5,9H2. The second-order valence-corrected chi connectivity index (χ2v) is 8.04. The van der Waals surface area contributed by atoms with Crippen LogP contribution in [-0.2, 0) is 6.54 Å². The lowest BCUT2D eigenvalue weighted by molar-refractivity contribution is 0.372. The SMILES string of the molecule is Brc1csc(CNC(c2cccs2)C2CCCC2)c1. The molecule has 19 heavy (non-hydrogen) atoms. The van der Waals surface area contributed by atoms with Crippen LogP contribution in [0.3, 0.4) is 0 Å². The summed E-state index contributed by atoms with van der Waals surface area (Å²) in [5.41, 5.74) is 0. The van der Waals surface area contributed by atoms with Crippen LogP contribution in [0.4, 0.5) is 0 Å². The molecule has 1 fully saturated rings. The van der Waals surface area contributed by atoms with Crippen molar-refractivity contribution in [2.45, 2.75) is 38.3 Å². The highest BCUT2D eigenvalue weighted by molar-refractivity contribution is 9.10. The van der Waals surface area contributed by atoms with Gasteiger partial charge >= 0.3 is 0 Å². The van der Waals surface area contributed by atoms with Crippen LogP contribution in [-0.4, -0.2) is 0 Å². The Morgan fingerprint density at radius 1 is 1.32 bits per heavy atom. The minimum Gasteiger partial charge on any atom is -0.304 e. The van der Waals surface area contributed by atoms with Gasteiger partial charge in [0.2, 0.25) is 0 Å². The first-order chi connectivity index (χ1) is 9.33. The Labute approximate surface area is 131 Å². The molecule has 1 aliphatic rings. The van der Waals surface area contributed by atoms with E-state index < -0.39 is 0 Å². The van der Waals surface area contributed by atoms with E-state index in [1.807, 2.05) is 22.7 Å². The van der Waals surface area contributed by atoms with Gasteiger partial charge in [-0.1, -0.05) is 18.9 Å². The molecule has 1 unspecified atom stereocenters. The van der Waals surface area contributed by atoms with E-state index in [1.54, 1.807) is 0 Å². The zero-order valence-corrected chi connectivity index (χ0v) is 14.0. The molecule has 1 nitrogen and oxygen atoms in total. The third-order valence-electron chi connectivity index (χ3n) is 3.84. The highest BCUT2D eigenvalue weighted by Gasteiger charge is 2.26. The molecule has 2 heterocycles. The average Bonchev–Trinajstić information content (AvgIpc) is 3.11. The number of rotatable bonds is 5. The van der Waals surface area contributed by atoms with E-state index in [1.165, 1.54) is 39.9 Å². The van der Waals surface area contributed by atoms with Crippen molar-refractivity contribution in [2.75, 3.05) is 0 Å². The Morgan fingerprint density at radius 2 is 2.16 bits per heavy atom. The summed E-state index contributed by atoms with van der Waals surface area (Å²) in [6, 6.07) is 7.22. The van der Waals surface area contributed by atoms with Gasteiger partial charge in [0.1, 0.15) is 0 Å². The summed E-state index contributed by atoms with van der Waals surface area (Å²) in [5.74, 6) is 0.821. The number of nitrogens with one attached hydrogen (secondary N) is 1. The van der Waals surface area contributed by atoms with Crippen molar-refractivity contribution < 1.29 is 0 Å². The number of halogens is 1. The van der Waals surface area contributed by atoms with E-state index in [0.29, 0.717) is 6.04 Å². The van der Waals surface area contributed by atoms with Crippen molar-refractivity contribution in [3.8, 4) is 0 Å². The highest BCUT2D eigenvalue weighted by atomic mass is 79.9. The maximum absolute atomic E-state index is 3.79. The van der Waals surface area contributed by atoms with Gasteiger partial charge in [-0.15, -0.1) is 22.7 Å². The third kappa shape index (κ3) is 3.48. The topological polar surface area (TPSA) is 12.0 Å². The van der Waals surface area contributed by atoms with Crippen molar-refractivity contribution in [1.82, 2.24) is 5.32 Å². The Kier molecular flexibility index (Phi) is 4.74. The van der Waals surface area contributed by atoms with Crippen LogP contribution in [0.2, 0.25) is 0 Å². The maximum Gasteiger partial charge on any atom is 0.0446 e. The molecule has 102 valence electrons. The Balaban J connectivity index is 1.68. The number of hydrogen-bond donors (Lipinski definition) is 1. The summed E-state index contributed by atoms with van der Waals surface area (Å²) in [7, 11) is 0. The van der Waals surface area contributed by atoms with Crippen LogP contribution in [0, 0.1) is 5.92 Å². The minimum atomic E-state index is 0.545. The van der Waals surface area contributed by atoms with Crippen molar-refractivity contribution >= 4 is 38.6 Å². The molecule has 1 N–H and O–H groups in total. The lowest BCUT2D eigenvalue weighted by Gasteiger charge is -2.23. The quantitative estimate of drug-likeness (QED) is 0.736. The molecule has 2 aromatic heterocycles. The van der Waals surface area contributed by atoms with Crippen molar-refractivity contribution in [2.24, 2.45) is 5.92 Å². The minimum absolute atomic E-state index is 0.545. The van der Waals surface area contributed by atoms with Crippen LogP contribution in [0.15, 0.2) is 33.4 Å². The van der Waals surface area contributed by atoms with Gasteiger partial charge < -0.3 is 5.32 Å². The fourth-order valence-corrected chi connectivity index (χ4v) is 5.21. The first kappa shape index (κ1) is 13.8. The molecule has 0 radical (unpaired) electrons. The van der Waals surface area contributed by atoms with Gasteiger partial charge in [-0.05, 0) is 52.2 Å². The van der Waals surface area contributed by atoms with Crippen LogP contribution in [0.25, 0.3) is 0 Å². The van der Waals surface area contributed by atoms with Gasteiger partial charge in [0.15, 0.2) is 0 Å². The summed E-state index contributed by atoms with van der Waals surface area (Å²) >= 11 is 7.24. The molecule has 3 rings (SSSR count). The van der Waals surface area contributed by atoms with Gasteiger partial charge in [0.25, 0.3) is 0 Å². The van der Waals surface area contributed by atoms with E-state index in [4.69, 9.17) is 0 Å². The molecular weight excluding hydrogens is 338 g/mol. The molecule has 0 spiro atoms. The van der Waals surface area contributed by atoms with Gasteiger partial charge in [-0.3, -0.25) is 0 Å². The van der Waals surface area contributed by atoms with E-state index in [0.717, 1.165) is 12.5 Å². The van der Waals surface area contributed by atoms with E-state index >= 15 is 0 Å². The lowest BCUT2D eigenvalue weighted by atomic mass is 9.96. The van der Waals surface area contributed by atoms with Crippen LogP contribution < -0.4 is 5.32 Å². The molecular formula is C15H18BrNS2. The smallest absolute Gasteiger partial charge is 0.0446 e. The number of thiophene rings is 2. The van der Waals surface area contributed by atoms with E-state index in [9.17, 15) is 0 Å². The molecule has 4 heteroatoms. The van der Waals surface area contributed by atoms with Gasteiger partial charge in [-0.2, -0.15) is 0 Å². The Bertz CT molecular complexity index is 500. The molecule has 2 aromatic rings. The third-order valence-corrected chi connectivity index (χ3v) is 6.49. The normalized spacial score (nSPS) is 17.9.